The molecule has 4 nitrogen and oxygen atoms in total. The molecular formula is C12H17NO3. The second kappa shape index (κ2) is 4.88. The summed E-state index contributed by atoms with van der Waals surface area (Å²) in [6.07, 6.45) is -0.186. The van der Waals surface area contributed by atoms with Crippen LogP contribution in [0.4, 0.5) is 5.69 Å². The highest BCUT2D eigenvalue weighted by atomic mass is 16.5. The number of ether oxygens (including phenoxy) is 1. The molecule has 1 rings (SSSR count). The van der Waals surface area contributed by atoms with Gasteiger partial charge in [-0.1, -0.05) is 13.8 Å². The third kappa shape index (κ3) is 2.89. The number of nitrogens with two attached hydrogens (primary N) is 1. The van der Waals surface area contributed by atoms with Crippen molar-refractivity contribution in [1.82, 2.24) is 0 Å². The fourth-order valence-corrected chi connectivity index (χ4v) is 1.09. The number of hydrogen-bond donors (Lipinski definition) is 2. The Morgan fingerprint density at radius 2 is 2.00 bits per heavy atom. The van der Waals surface area contributed by atoms with E-state index < -0.39 is 5.97 Å². The maximum Gasteiger partial charge on any atom is 0.340 e. The molecule has 0 aliphatic heterocycles. The third-order valence-corrected chi connectivity index (χ3v) is 2.49. The molecule has 1 aromatic rings. The van der Waals surface area contributed by atoms with Crippen LogP contribution in [0.2, 0.25) is 0 Å². The van der Waals surface area contributed by atoms with E-state index in [1.54, 1.807) is 0 Å². The molecule has 88 valence electrons. The topological polar surface area (TPSA) is 72.5 Å². The number of aromatic hydroxyl groups is 1. The summed E-state index contributed by atoms with van der Waals surface area (Å²) < 4.78 is 5.20. The number of esters is 1. The number of carbonyl (C=O) groups is 1. The lowest BCUT2D eigenvalue weighted by atomic mass is 10.1. The van der Waals surface area contributed by atoms with Crippen molar-refractivity contribution in [2.75, 3.05) is 5.73 Å². The Morgan fingerprint density at radius 1 is 1.38 bits per heavy atom. The fraction of sp³-hybridized carbons (Fsp3) is 0.417. The highest BCUT2D eigenvalue weighted by Gasteiger charge is 2.17. The first kappa shape index (κ1) is 12.4. The van der Waals surface area contributed by atoms with E-state index in [0.29, 0.717) is 5.69 Å². The minimum absolute atomic E-state index is 0.00153. The summed E-state index contributed by atoms with van der Waals surface area (Å²) in [5, 5.41) is 9.27. The average Bonchev–Trinajstić information content (AvgIpc) is 2.21. The highest BCUT2D eigenvalue weighted by Crippen LogP contribution is 2.20. The first-order valence-corrected chi connectivity index (χ1v) is 5.21. The van der Waals surface area contributed by atoms with Gasteiger partial charge in [-0.3, -0.25) is 0 Å². The third-order valence-electron chi connectivity index (χ3n) is 2.49. The van der Waals surface area contributed by atoms with E-state index in [0.717, 1.165) is 0 Å². The van der Waals surface area contributed by atoms with Crippen molar-refractivity contribution >= 4 is 11.7 Å². The molecule has 16 heavy (non-hydrogen) atoms. The van der Waals surface area contributed by atoms with Crippen LogP contribution in [0.25, 0.3) is 0 Å². The van der Waals surface area contributed by atoms with Crippen molar-refractivity contribution in [1.29, 1.82) is 0 Å². The van der Waals surface area contributed by atoms with Gasteiger partial charge in [-0.2, -0.15) is 0 Å². The minimum Gasteiger partial charge on any atom is -0.508 e. The smallest absolute Gasteiger partial charge is 0.340 e. The Balaban J connectivity index is 2.84. The van der Waals surface area contributed by atoms with Gasteiger partial charge in [-0.15, -0.1) is 0 Å². The Morgan fingerprint density at radius 3 is 2.56 bits per heavy atom. The molecule has 0 aliphatic rings. The molecule has 0 aromatic heterocycles. The van der Waals surface area contributed by atoms with Gasteiger partial charge in [0.2, 0.25) is 0 Å². The molecule has 0 fully saturated rings. The summed E-state index contributed by atoms with van der Waals surface area (Å²) in [7, 11) is 0. The van der Waals surface area contributed by atoms with Gasteiger partial charge in [0.25, 0.3) is 0 Å². The van der Waals surface area contributed by atoms with E-state index in [-0.39, 0.29) is 23.3 Å². The van der Waals surface area contributed by atoms with Gasteiger partial charge in [-0.05, 0) is 31.0 Å². The van der Waals surface area contributed by atoms with Crippen molar-refractivity contribution in [3.63, 3.8) is 0 Å². The van der Waals surface area contributed by atoms with Crippen molar-refractivity contribution in [2.45, 2.75) is 26.9 Å². The fourth-order valence-electron chi connectivity index (χ4n) is 1.09. The standard InChI is InChI=1S/C12H17NO3/c1-7(2)8(3)16-12(15)10-6-9(14)4-5-11(10)13/h4-8,14H,13H2,1-3H3. The largest absolute Gasteiger partial charge is 0.508 e. The van der Waals surface area contributed by atoms with Crippen LogP contribution in [-0.4, -0.2) is 17.2 Å². The van der Waals surface area contributed by atoms with Gasteiger partial charge < -0.3 is 15.6 Å². The first-order chi connectivity index (χ1) is 7.41. The lowest BCUT2D eigenvalue weighted by Gasteiger charge is -2.17. The molecule has 1 unspecified atom stereocenters. The van der Waals surface area contributed by atoms with Gasteiger partial charge >= 0.3 is 5.97 Å². The van der Waals surface area contributed by atoms with Gasteiger partial charge in [0.15, 0.2) is 0 Å². The number of hydrogen-bond acceptors (Lipinski definition) is 4. The molecule has 3 N–H and O–H groups in total. The Kier molecular flexibility index (Phi) is 3.77. The van der Waals surface area contributed by atoms with Crippen molar-refractivity contribution < 1.29 is 14.6 Å². The van der Waals surface area contributed by atoms with Crippen molar-refractivity contribution in [2.24, 2.45) is 5.92 Å². The zero-order valence-corrected chi connectivity index (χ0v) is 9.73. The first-order valence-electron chi connectivity index (χ1n) is 5.21. The van der Waals surface area contributed by atoms with Crippen LogP contribution < -0.4 is 5.73 Å². The Labute approximate surface area is 95.0 Å². The van der Waals surface area contributed by atoms with Crippen molar-refractivity contribution in [3.8, 4) is 5.75 Å². The van der Waals surface area contributed by atoms with Crippen LogP contribution in [0.15, 0.2) is 18.2 Å². The number of benzene rings is 1. The highest BCUT2D eigenvalue weighted by molar-refractivity contribution is 5.95. The number of phenols is 1. The molecule has 0 amide bonds. The van der Waals surface area contributed by atoms with Gasteiger partial charge in [0.05, 0.1) is 5.56 Å². The maximum absolute atomic E-state index is 11.7. The van der Waals surface area contributed by atoms with Crippen LogP contribution >= 0.6 is 0 Å². The molecule has 0 aliphatic carbocycles. The second-order valence-electron chi connectivity index (χ2n) is 4.13. The Bertz CT molecular complexity index is 388. The van der Waals surface area contributed by atoms with Gasteiger partial charge in [-0.25, -0.2) is 4.79 Å². The number of rotatable bonds is 3. The van der Waals surface area contributed by atoms with Gasteiger partial charge in [0.1, 0.15) is 11.9 Å². The predicted molar refractivity (Wildman–Crippen MR) is 62.2 cm³/mol. The van der Waals surface area contributed by atoms with E-state index in [4.69, 9.17) is 10.5 Å². The van der Waals surface area contributed by atoms with Crippen LogP contribution in [0.1, 0.15) is 31.1 Å². The number of anilines is 1. The lowest BCUT2D eigenvalue weighted by Crippen LogP contribution is -2.20. The SMILES string of the molecule is CC(C)C(C)OC(=O)c1cc(O)ccc1N. The monoisotopic (exact) mass is 223 g/mol. The van der Waals surface area contributed by atoms with Crippen molar-refractivity contribution in [3.05, 3.63) is 23.8 Å². The van der Waals surface area contributed by atoms with E-state index in [2.05, 4.69) is 0 Å². The normalized spacial score (nSPS) is 12.5. The minimum atomic E-state index is -0.505. The van der Waals surface area contributed by atoms with Crippen LogP contribution in [0.5, 0.6) is 5.75 Å². The molecule has 0 saturated carbocycles. The maximum atomic E-state index is 11.7. The summed E-state index contributed by atoms with van der Waals surface area (Å²) in [6, 6.07) is 4.22. The summed E-state index contributed by atoms with van der Waals surface area (Å²) >= 11 is 0. The average molecular weight is 223 g/mol. The second-order valence-corrected chi connectivity index (χ2v) is 4.13. The Hall–Kier alpha value is -1.71. The summed E-state index contributed by atoms with van der Waals surface area (Å²) in [4.78, 5) is 11.7. The number of nitrogen functional groups attached to an aromatic ring is 1. The molecule has 1 atom stereocenters. The number of carbonyl (C=O) groups excluding carboxylic acids is 1. The quantitative estimate of drug-likeness (QED) is 0.468. The summed E-state index contributed by atoms with van der Waals surface area (Å²) in [5.41, 5.74) is 6.14. The van der Waals surface area contributed by atoms with Gasteiger partial charge in [0, 0.05) is 5.69 Å². The molecule has 4 heteroatoms. The predicted octanol–water partition coefficient (Wildman–Crippen LogP) is 2.18. The zero-order chi connectivity index (χ0) is 12.3. The van der Waals surface area contributed by atoms with Crippen LogP contribution in [-0.2, 0) is 4.74 Å². The van der Waals surface area contributed by atoms with Crippen LogP contribution in [0, 0.1) is 5.92 Å². The lowest BCUT2D eigenvalue weighted by molar-refractivity contribution is 0.0239. The molecule has 1 aromatic carbocycles. The molecule has 0 spiro atoms. The van der Waals surface area contributed by atoms with E-state index in [9.17, 15) is 9.90 Å². The zero-order valence-electron chi connectivity index (χ0n) is 9.73. The molecule has 0 bridgehead atoms. The van der Waals surface area contributed by atoms with E-state index >= 15 is 0 Å². The summed E-state index contributed by atoms with van der Waals surface area (Å²) in [6.45, 7) is 5.75. The molecular weight excluding hydrogens is 206 g/mol. The van der Waals surface area contributed by atoms with E-state index in [1.807, 2.05) is 20.8 Å². The molecule has 0 saturated heterocycles. The van der Waals surface area contributed by atoms with Crippen LogP contribution in [0.3, 0.4) is 0 Å². The molecule has 0 heterocycles. The number of phenolic OH excluding ortho intramolecular Hbond substituents is 1. The van der Waals surface area contributed by atoms with E-state index in [1.165, 1.54) is 18.2 Å². The molecule has 0 radical (unpaired) electrons. The summed E-state index contributed by atoms with van der Waals surface area (Å²) in [5.74, 6) is -0.268.